The second kappa shape index (κ2) is 7.61. The standard InChI is InChI=1S/C15H17N9O3/c1-23(2)8-11-12(18-22-24(11)14-13(16)20-27-21-14)15(26)19-17-7-9-3-5-10(25)6-4-9/h3-7,25H,8H2,1-2H3,(H2,16,20)(H,19,26)/b17-7-. The van der Waals surface area contributed by atoms with Crippen LogP contribution in [0.4, 0.5) is 5.82 Å². The molecule has 0 spiro atoms. The number of carbonyl (C=O) groups excluding carboxylic acids is 1. The normalized spacial score (nSPS) is 11.4. The zero-order valence-corrected chi connectivity index (χ0v) is 14.6. The maximum Gasteiger partial charge on any atom is 0.293 e. The number of carbonyl (C=O) groups is 1. The lowest BCUT2D eigenvalue weighted by Crippen LogP contribution is -2.23. The van der Waals surface area contributed by atoms with Gasteiger partial charge in [0.25, 0.3) is 5.91 Å². The minimum Gasteiger partial charge on any atom is -0.508 e. The molecule has 0 unspecified atom stereocenters. The van der Waals surface area contributed by atoms with E-state index in [1.807, 2.05) is 19.0 Å². The van der Waals surface area contributed by atoms with Gasteiger partial charge < -0.3 is 15.7 Å². The van der Waals surface area contributed by atoms with Crippen LogP contribution in [0.25, 0.3) is 5.82 Å². The predicted octanol–water partition coefficient (Wildman–Crippen LogP) is -0.236. The number of nitrogen functional groups attached to an aromatic ring is 1. The Morgan fingerprint density at radius 2 is 2.11 bits per heavy atom. The van der Waals surface area contributed by atoms with Crippen molar-refractivity contribution >= 4 is 17.9 Å². The summed E-state index contributed by atoms with van der Waals surface area (Å²) >= 11 is 0. The van der Waals surface area contributed by atoms with E-state index in [0.29, 0.717) is 17.8 Å². The van der Waals surface area contributed by atoms with E-state index in [1.165, 1.54) is 23.0 Å². The lowest BCUT2D eigenvalue weighted by molar-refractivity contribution is 0.0948. The van der Waals surface area contributed by atoms with Crippen LogP contribution in [-0.2, 0) is 6.54 Å². The topological polar surface area (TPSA) is 161 Å². The summed E-state index contributed by atoms with van der Waals surface area (Å²) < 4.78 is 5.88. The van der Waals surface area contributed by atoms with E-state index in [1.54, 1.807) is 12.1 Å². The van der Waals surface area contributed by atoms with Gasteiger partial charge in [0.1, 0.15) is 5.75 Å². The monoisotopic (exact) mass is 371 g/mol. The third kappa shape index (κ3) is 4.07. The Morgan fingerprint density at radius 3 is 2.74 bits per heavy atom. The second-order valence-corrected chi connectivity index (χ2v) is 5.80. The van der Waals surface area contributed by atoms with Crippen LogP contribution in [0.3, 0.4) is 0 Å². The molecule has 2 heterocycles. The maximum absolute atomic E-state index is 12.5. The van der Waals surface area contributed by atoms with Crippen molar-refractivity contribution in [2.45, 2.75) is 6.54 Å². The number of nitrogens with one attached hydrogen (secondary N) is 1. The molecule has 0 fully saturated rings. The van der Waals surface area contributed by atoms with E-state index in [4.69, 9.17) is 5.73 Å². The van der Waals surface area contributed by atoms with Gasteiger partial charge in [-0.1, -0.05) is 5.21 Å². The summed E-state index contributed by atoms with van der Waals surface area (Å²) in [7, 11) is 3.65. The number of benzene rings is 1. The summed E-state index contributed by atoms with van der Waals surface area (Å²) in [6.45, 7) is 0.337. The molecule has 0 saturated heterocycles. The molecule has 1 aromatic carbocycles. The Morgan fingerprint density at radius 1 is 1.37 bits per heavy atom. The van der Waals surface area contributed by atoms with Crippen LogP contribution in [0, 0.1) is 0 Å². The van der Waals surface area contributed by atoms with Crippen LogP contribution in [0.5, 0.6) is 5.75 Å². The molecule has 2 aromatic heterocycles. The third-order valence-electron chi connectivity index (χ3n) is 3.41. The van der Waals surface area contributed by atoms with Gasteiger partial charge in [0.05, 0.1) is 11.9 Å². The van der Waals surface area contributed by atoms with Crippen molar-refractivity contribution in [1.29, 1.82) is 0 Å². The van der Waals surface area contributed by atoms with Gasteiger partial charge in [-0.25, -0.2) is 10.1 Å². The van der Waals surface area contributed by atoms with Gasteiger partial charge in [0, 0.05) is 6.54 Å². The molecule has 0 aliphatic heterocycles. The number of phenolic OH excluding ortho intramolecular Hbond substituents is 1. The minimum absolute atomic E-state index is 0.0252. The number of hydrogen-bond donors (Lipinski definition) is 3. The van der Waals surface area contributed by atoms with E-state index < -0.39 is 5.91 Å². The first-order valence-corrected chi connectivity index (χ1v) is 7.76. The van der Waals surface area contributed by atoms with Gasteiger partial charge in [0.15, 0.2) is 5.69 Å². The van der Waals surface area contributed by atoms with Crippen LogP contribution < -0.4 is 11.2 Å². The van der Waals surface area contributed by atoms with Crippen molar-refractivity contribution in [3.05, 3.63) is 41.2 Å². The van der Waals surface area contributed by atoms with Crippen molar-refractivity contribution in [2.75, 3.05) is 19.8 Å². The number of anilines is 1. The molecule has 0 atom stereocenters. The smallest absolute Gasteiger partial charge is 0.293 e. The summed E-state index contributed by atoms with van der Waals surface area (Å²) in [4.78, 5) is 14.3. The van der Waals surface area contributed by atoms with Crippen molar-refractivity contribution in [2.24, 2.45) is 5.10 Å². The first-order valence-electron chi connectivity index (χ1n) is 7.76. The van der Waals surface area contributed by atoms with E-state index in [0.717, 1.165) is 0 Å². The molecule has 0 aliphatic rings. The average molecular weight is 371 g/mol. The number of nitrogens with zero attached hydrogens (tertiary/aromatic N) is 7. The molecule has 1 amide bonds. The zero-order chi connectivity index (χ0) is 19.4. The molecular weight excluding hydrogens is 354 g/mol. The van der Waals surface area contributed by atoms with Crippen LogP contribution in [-0.4, -0.2) is 61.5 Å². The highest BCUT2D eigenvalue weighted by molar-refractivity contribution is 5.94. The lowest BCUT2D eigenvalue weighted by atomic mass is 10.2. The fourth-order valence-corrected chi connectivity index (χ4v) is 2.21. The molecule has 3 rings (SSSR count). The number of amides is 1. The summed E-state index contributed by atoms with van der Waals surface area (Å²) in [6, 6.07) is 6.33. The number of rotatable bonds is 6. The van der Waals surface area contributed by atoms with Gasteiger partial charge in [0.2, 0.25) is 11.6 Å². The zero-order valence-electron chi connectivity index (χ0n) is 14.6. The summed E-state index contributed by atoms with van der Waals surface area (Å²) in [5.41, 5.74) is 9.30. The predicted molar refractivity (Wildman–Crippen MR) is 94.2 cm³/mol. The van der Waals surface area contributed by atoms with Gasteiger partial charge in [-0.3, -0.25) is 4.79 Å². The highest BCUT2D eigenvalue weighted by Gasteiger charge is 2.24. The molecule has 12 nitrogen and oxygen atoms in total. The van der Waals surface area contributed by atoms with E-state index in [9.17, 15) is 9.90 Å². The minimum atomic E-state index is -0.553. The Bertz CT molecular complexity index is 959. The Kier molecular flexibility index (Phi) is 5.08. The largest absolute Gasteiger partial charge is 0.508 e. The average Bonchev–Trinajstić information content (AvgIpc) is 3.22. The number of phenols is 1. The fourth-order valence-electron chi connectivity index (χ4n) is 2.21. The van der Waals surface area contributed by atoms with Crippen molar-refractivity contribution in [3.63, 3.8) is 0 Å². The lowest BCUT2D eigenvalue weighted by Gasteiger charge is -2.11. The summed E-state index contributed by atoms with van der Waals surface area (Å²) in [6.07, 6.45) is 1.44. The highest BCUT2D eigenvalue weighted by Crippen LogP contribution is 2.16. The Balaban J connectivity index is 1.82. The maximum atomic E-state index is 12.5. The van der Waals surface area contributed by atoms with Crippen LogP contribution in [0.2, 0.25) is 0 Å². The van der Waals surface area contributed by atoms with Crippen molar-refractivity contribution < 1.29 is 14.5 Å². The molecule has 12 heteroatoms. The number of aromatic nitrogens is 5. The Labute approximate surface area is 153 Å². The second-order valence-electron chi connectivity index (χ2n) is 5.80. The fraction of sp³-hybridized carbons (Fsp3) is 0.200. The molecule has 3 aromatic rings. The number of nitrogens with two attached hydrogens (primary N) is 1. The van der Waals surface area contributed by atoms with Gasteiger partial charge in [-0.15, -0.1) is 5.10 Å². The van der Waals surface area contributed by atoms with Crippen LogP contribution >= 0.6 is 0 Å². The Hall–Kier alpha value is -3.80. The van der Waals surface area contributed by atoms with Gasteiger partial charge in [-0.05, 0) is 54.2 Å². The first kappa shape index (κ1) is 18.0. The molecule has 27 heavy (non-hydrogen) atoms. The highest BCUT2D eigenvalue weighted by atomic mass is 16.6. The summed E-state index contributed by atoms with van der Waals surface area (Å²) in [5, 5.41) is 28.2. The van der Waals surface area contributed by atoms with E-state index >= 15 is 0 Å². The van der Waals surface area contributed by atoms with Crippen molar-refractivity contribution in [1.82, 2.24) is 35.6 Å². The van der Waals surface area contributed by atoms with Crippen LogP contribution in [0.15, 0.2) is 34.0 Å². The number of hydrazone groups is 1. The van der Waals surface area contributed by atoms with E-state index in [2.05, 4.69) is 35.8 Å². The molecule has 140 valence electrons. The quantitative estimate of drug-likeness (QED) is 0.392. The van der Waals surface area contributed by atoms with Gasteiger partial charge >= 0.3 is 0 Å². The van der Waals surface area contributed by atoms with Crippen LogP contribution in [0.1, 0.15) is 21.7 Å². The van der Waals surface area contributed by atoms with Crippen molar-refractivity contribution in [3.8, 4) is 11.6 Å². The molecule has 4 N–H and O–H groups in total. The molecule has 0 radical (unpaired) electrons. The van der Waals surface area contributed by atoms with Gasteiger partial charge in [-0.2, -0.15) is 9.78 Å². The molecule has 0 bridgehead atoms. The summed E-state index contributed by atoms with van der Waals surface area (Å²) in [5.74, 6) is -0.242. The third-order valence-corrected chi connectivity index (χ3v) is 3.41. The van der Waals surface area contributed by atoms with E-state index in [-0.39, 0.29) is 23.1 Å². The number of hydrogen-bond acceptors (Lipinski definition) is 10. The number of aromatic hydroxyl groups is 1. The molecule has 0 aliphatic carbocycles. The molecular formula is C15H17N9O3. The first-order chi connectivity index (χ1) is 13.0. The molecule has 0 saturated carbocycles. The SMILES string of the molecule is CN(C)Cc1c(C(=O)N/N=C\c2ccc(O)cc2)nnn1-c1nonc1N.